The number of para-hydroxylation sites is 1. The molecular weight excluding hydrogens is 276 g/mol. The molecule has 0 saturated heterocycles. The molecule has 0 aliphatic carbocycles. The van der Waals surface area contributed by atoms with Crippen LogP contribution in [0.15, 0.2) is 34.7 Å². The Balaban J connectivity index is 1.95. The minimum absolute atomic E-state index is 0.0252. The van der Waals surface area contributed by atoms with Gasteiger partial charge in [0.25, 0.3) is 0 Å². The lowest BCUT2D eigenvalue weighted by atomic mass is 10.1. The van der Waals surface area contributed by atoms with Gasteiger partial charge in [0.1, 0.15) is 13.2 Å². The Kier molecular flexibility index (Phi) is 3.35. The first-order valence-corrected chi connectivity index (χ1v) is 6.32. The maximum absolute atomic E-state index is 12.5. The molecule has 1 aliphatic heterocycles. The average molecular weight is 288 g/mol. The molecule has 0 radical (unpaired) electrons. The molecule has 6 nitrogen and oxygen atoms in total. The number of furan rings is 1. The highest BCUT2D eigenvalue weighted by molar-refractivity contribution is 6.10. The second-order valence-electron chi connectivity index (χ2n) is 4.31. The molecule has 21 heavy (non-hydrogen) atoms. The minimum atomic E-state index is -0.635. The van der Waals surface area contributed by atoms with Crippen LogP contribution in [0.1, 0.15) is 26.7 Å². The molecule has 1 aromatic heterocycles. The van der Waals surface area contributed by atoms with Crippen LogP contribution >= 0.6 is 0 Å². The lowest BCUT2D eigenvalue weighted by molar-refractivity contribution is 0.0563. The van der Waals surface area contributed by atoms with Crippen molar-refractivity contribution in [2.24, 2.45) is 0 Å². The lowest BCUT2D eigenvalue weighted by Gasteiger charge is -2.20. The van der Waals surface area contributed by atoms with Crippen LogP contribution in [-0.2, 0) is 4.74 Å². The Morgan fingerprint density at radius 3 is 2.62 bits per heavy atom. The van der Waals surface area contributed by atoms with Gasteiger partial charge in [0, 0.05) is 0 Å². The van der Waals surface area contributed by atoms with Gasteiger partial charge in [-0.2, -0.15) is 0 Å². The molecule has 0 atom stereocenters. The fraction of sp³-hybridized carbons (Fsp3) is 0.200. The van der Waals surface area contributed by atoms with Crippen LogP contribution in [0.5, 0.6) is 11.5 Å². The number of ether oxygens (including phenoxy) is 3. The Hall–Kier alpha value is -2.76. The third-order valence-corrected chi connectivity index (χ3v) is 3.03. The fourth-order valence-electron chi connectivity index (χ4n) is 2.06. The number of methoxy groups -OCH3 is 1. The first kappa shape index (κ1) is 13.2. The van der Waals surface area contributed by atoms with E-state index in [4.69, 9.17) is 13.9 Å². The van der Waals surface area contributed by atoms with E-state index in [9.17, 15) is 9.59 Å². The summed E-state index contributed by atoms with van der Waals surface area (Å²) in [6, 6.07) is 7.87. The largest absolute Gasteiger partial charge is 0.486 e. The van der Waals surface area contributed by atoms with Crippen LogP contribution in [0.2, 0.25) is 0 Å². The number of hydrogen-bond acceptors (Lipinski definition) is 6. The molecule has 1 aromatic carbocycles. The molecule has 0 amide bonds. The summed E-state index contributed by atoms with van der Waals surface area (Å²) in [6.07, 6.45) is 0. The smallest absolute Gasteiger partial charge is 0.373 e. The predicted octanol–water partition coefficient (Wildman–Crippen LogP) is 2.07. The summed E-state index contributed by atoms with van der Waals surface area (Å²) >= 11 is 0. The number of rotatable bonds is 3. The predicted molar refractivity (Wildman–Crippen MR) is 70.9 cm³/mol. The second kappa shape index (κ2) is 5.32. The standard InChI is InChI=1S/C15H12O6/c1-18-15(17)12-6-5-10(21-12)13(16)9-3-2-4-11-14(9)20-8-7-19-11/h2-6H,7-8H2,1H3. The van der Waals surface area contributed by atoms with E-state index in [2.05, 4.69) is 4.74 Å². The highest BCUT2D eigenvalue weighted by Gasteiger charge is 2.24. The normalized spacial score (nSPS) is 12.8. The van der Waals surface area contributed by atoms with Crippen molar-refractivity contribution in [3.63, 3.8) is 0 Å². The fourth-order valence-corrected chi connectivity index (χ4v) is 2.06. The quantitative estimate of drug-likeness (QED) is 0.635. The van der Waals surface area contributed by atoms with E-state index in [1.54, 1.807) is 18.2 Å². The third kappa shape index (κ3) is 2.35. The second-order valence-corrected chi connectivity index (χ2v) is 4.31. The first-order valence-electron chi connectivity index (χ1n) is 6.32. The van der Waals surface area contributed by atoms with Crippen molar-refractivity contribution in [1.29, 1.82) is 0 Å². The molecule has 2 heterocycles. The number of esters is 1. The lowest BCUT2D eigenvalue weighted by Crippen LogP contribution is -2.17. The molecule has 2 aromatic rings. The molecule has 0 unspecified atom stereocenters. The van der Waals surface area contributed by atoms with Crippen molar-refractivity contribution in [2.75, 3.05) is 20.3 Å². The van der Waals surface area contributed by atoms with Gasteiger partial charge >= 0.3 is 5.97 Å². The van der Waals surface area contributed by atoms with Crippen LogP contribution < -0.4 is 9.47 Å². The highest BCUT2D eigenvalue weighted by Crippen LogP contribution is 2.35. The SMILES string of the molecule is COC(=O)c1ccc(C(=O)c2cccc3c2OCCO3)o1. The summed E-state index contributed by atoms with van der Waals surface area (Å²) in [7, 11) is 1.24. The molecule has 0 bridgehead atoms. The Labute approximate surface area is 120 Å². The van der Waals surface area contributed by atoms with Gasteiger partial charge in [0.15, 0.2) is 17.3 Å². The summed E-state index contributed by atoms with van der Waals surface area (Å²) in [5.74, 6) is -0.0892. The van der Waals surface area contributed by atoms with Gasteiger partial charge in [-0.1, -0.05) is 6.07 Å². The van der Waals surface area contributed by atoms with Crippen LogP contribution in [0, 0.1) is 0 Å². The third-order valence-electron chi connectivity index (χ3n) is 3.03. The van der Waals surface area contributed by atoms with E-state index >= 15 is 0 Å². The number of carbonyl (C=O) groups is 2. The zero-order valence-corrected chi connectivity index (χ0v) is 11.3. The summed E-state index contributed by atoms with van der Waals surface area (Å²) in [5, 5.41) is 0. The number of hydrogen-bond donors (Lipinski definition) is 0. The zero-order chi connectivity index (χ0) is 14.8. The van der Waals surface area contributed by atoms with Gasteiger partial charge < -0.3 is 18.6 Å². The zero-order valence-electron chi connectivity index (χ0n) is 11.3. The van der Waals surface area contributed by atoms with Gasteiger partial charge in [-0.05, 0) is 24.3 Å². The van der Waals surface area contributed by atoms with Crippen LogP contribution in [0.4, 0.5) is 0 Å². The number of fused-ring (bicyclic) bond motifs is 1. The summed E-state index contributed by atoms with van der Waals surface area (Å²) < 4.78 is 20.7. The number of ketones is 1. The maximum atomic E-state index is 12.5. The average Bonchev–Trinajstić information content (AvgIpc) is 3.03. The van der Waals surface area contributed by atoms with Gasteiger partial charge in [0.05, 0.1) is 12.7 Å². The molecule has 0 N–H and O–H groups in total. The topological polar surface area (TPSA) is 75.0 Å². The van der Waals surface area contributed by atoms with Crippen molar-refractivity contribution < 1.29 is 28.2 Å². The molecule has 0 saturated carbocycles. The van der Waals surface area contributed by atoms with Gasteiger partial charge in [-0.25, -0.2) is 4.79 Å². The van der Waals surface area contributed by atoms with Crippen molar-refractivity contribution in [2.45, 2.75) is 0 Å². The van der Waals surface area contributed by atoms with Crippen molar-refractivity contribution >= 4 is 11.8 Å². The maximum Gasteiger partial charge on any atom is 0.373 e. The van der Waals surface area contributed by atoms with Crippen molar-refractivity contribution in [1.82, 2.24) is 0 Å². The van der Waals surface area contributed by atoms with Crippen LogP contribution in [0.25, 0.3) is 0 Å². The molecule has 3 rings (SSSR count). The van der Waals surface area contributed by atoms with Crippen LogP contribution in [-0.4, -0.2) is 32.1 Å². The van der Waals surface area contributed by atoms with Crippen molar-refractivity contribution in [3.05, 3.63) is 47.4 Å². The van der Waals surface area contributed by atoms with Gasteiger partial charge in [-0.3, -0.25) is 4.79 Å². The molecule has 1 aliphatic rings. The Morgan fingerprint density at radius 1 is 1.05 bits per heavy atom. The summed E-state index contributed by atoms with van der Waals surface area (Å²) in [4.78, 5) is 23.8. The molecule has 108 valence electrons. The summed E-state index contributed by atoms with van der Waals surface area (Å²) in [6.45, 7) is 0.820. The Morgan fingerprint density at radius 2 is 1.81 bits per heavy atom. The minimum Gasteiger partial charge on any atom is -0.486 e. The molecule has 0 spiro atoms. The van der Waals surface area contributed by atoms with E-state index in [1.165, 1.54) is 19.2 Å². The van der Waals surface area contributed by atoms with E-state index in [-0.39, 0.29) is 17.3 Å². The summed E-state index contributed by atoms with van der Waals surface area (Å²) in [5.41, 5.74) is 0.331. The van der Waals surface area contributed by atoms with E-state index in [1.807, 2.05) is 0 Å². The van der Waals surface area contributed by atoms with Crippen LogP contribution in [0.3, 0.4) is 0 Å². The molecule has 0 fully saturated rings. The van der Waals surface area contributed by atoms with E-state index in [0.717, 1.165) is 0 Å². The van der Waals surface area contributed by atoms with E-state index in [0.29, 0.717) is 30.3 Å². The van der Waals surface area contributed by atoms with E-state index < -0.39 is 5.97 Å². The highest BCUT2D eigenvalue weighted by atomic mass is 16.6. The first-order chi connectivity index (χ1) is 10.2. The number of carbonyl (C=O) groups excluding carboxylic acids is 2. The van der Waals surface area contributed by atoms with Crippen molar-refractivity contribution in [3.8, 4) is 11.5 Å². The number of benzene rings is 1. The van der Waals surface area contributed by atoms with Gasteiger partial charge in [-0.15, -0.1) is 0 Å². The Bertz CT molecular complexity index is 700. The molecule has 6 heteroatoms. The van der Waals surface area contributed by atoms with Gasteiger partial charge in [0.2, 0.25) is 11.5 Å². The monoisotopic (exact) mass is 288 g/mol. The molecular formula is C15H12O6.